The number of rotatable bonds is 3. The highest BCUT2D eigenvalue weighted by atomic mass is 16.4. The predicted molar refractivity (Wildman–Crippen MR) is 62.1 cm³/mol. The zero-order valence-corrected chi connectivity index (χ0v) is 10.4. The van der Waals surface area contributed by atoms with E-state index in [1.807, 2.05) is 4.57 Å². The first-order valence-corrected chi connectivity index (χ1v) is 5.82. The lowest BCUT2D eigenvalue weighted by Gasteiger charge is -2.29. The zero-order chi connectivity index (χ0) is 14.0. The first-order valence-electron chi connectivity index (χ1n) is 5.82. The molecule has 0 saturated carbocycles. The number of carbonyl (C=O) groups excluding carboxylic acids is 1. The van der Waals surface area contributed by atoms with Gasteiger partial charge in [-0.2, -0.15) is 0 Å². The molecule has 2 atom stereocenters. The van der Waals surface area contributed by atoms with Gasteiger partial charge in [0.2, 0.25) is 0 Å². The standard InChI is InChI=1S/C10H15N5O4/c1-6(16)8(9(17)18)12-10(19)14-2-3-15-5-11-13-7(15)4-14/h5-6,8,16H,2-4H2,1H3,(H,12,19)(H,17,18). The SMILES string of the molecule is CC(O)C(NC(=O)N1CCn2cnnc2C1)C(=O)O. The van der Waals surface area contributed by atoms with E-state index in [2.05, 4.69) is 15.5 Å². The summed E-state index contributed by atoms with van der Waals surface area (Å²) in [5.74, 6) is -0.631. The second-order valence-electron chi connectivity index (χ2n) is 4.37. The van der Waals surface area contributed by atoms with Gasteiger partial charge in [0, 0.05) is 13.1 Å². The molecule has 0 aliphatic carbocycles. The summed E-state index contributed by atoms with van der Waals surface area (Å²) >= 11 is 0. The highest BCUT2D eigenvalue weighted by molar-refractivity contribution is 5.83. The van der Waals surface area contributed by atoms with Crippen LogP contribution in [0.2, 0.25) is 0 Å². The van der Waals surface area contributed by atoms with Gasteiger partial charge in [-0.05, 0) is 6.92 Å². The Morgan fingerprint density at radius 2 is 2.21 bits per heavy atom. The van der Waals surface area contributed by atoms with Gasteiger partial charge in [-0.15, -0.1) is 10.2 Å². The van der Waals surface area contributed by atoms with Crippen molar-refractivity contribution in [2.45, 2.75) is 32.2 Å². The monoisotopic (exact) mass is 269 g/mol. The summed E-state index contributed by atoms with van der Waals surface area (Å²) < 4.78 is 1.83. The Morgan fingerprint density at radius 3 is 2.84 bits per heavy atom. The maximum atomic E-state index is 11.9. The molecule has 9 heteroatoms. The Bertz CT molecular complexity index is 486. The molecule has 9 nitrogen and oxygen atoms in total. The van der Waals surface area contributed by atoms with E-state index in [0.717, 1.165) is 0 Å². The van der Waals surface area contributed by atoms with Crippen molar-refractivity contribution in [3.05, 3.63) is 12.2 Å². The van der Waals surface area contributed by atoms with Crippen LogP contribution < -0.4 is 5.32 Å². The Balaban J connectivity index is 2.00. The van der Waals surface area contributed by atoms with Crippen LogP contribution >= 0.6 is 0 Å². The van der Waals surface area contributed by atoms with E-state index < -0.39 is 24.1 Å². The molecule has 1 aromatic heterocycles. The molecule has 0 saturated heterocycles. The van der Waals surface area contributed by atoms with Crippen LogP contribution in [0.3, 0.4) is 0 Å². The van der Waals surface area contributed by atoms with Crippen molar-refractivity contribution in [3.8, 4) is 0 Å². The maximum Gasteiger partial charge on any atom is 0.328 e. The average molecular weight is 269 g/mol. The number of hydrogen-bond donors (Lipinski definition) is 3. The fraction of sp³-hybridized carbons (Fsp3) is 0.600. The largest absolute Gasteiger partial charge is 0.480 e. The van der Waals surface area contributed by atoms with Crippen LogP contribution in [0, 0.1) is 0 Å². The third kappa shape index (κ3) is 2.81. The molecule has 1 aliphatic heterocycles. The zero-order valence-electron chi connectivity index (χ0n) is 10.4. The molecule has 0 bridgehead atoms. The quantitative estimate of drug-likeness (QED) is 0.623. The summed E-state index contributed by atoms with van der Waals surface area (Å²) in [7, 11) is 0. The van der Waals surface area contributed by atoms with Crippen molar-refractivity contribution < 1.29 is 19.8 Å². The van der Waals surface area contributed by atoms with E-state index >= 15 is 0 Å². The number of aliphatic carboxylic acids is 1. The van der Waals surface area contributed by atoms with Crippen LogP contribution in [-0.2, 0) is 17.9 Å². The van der Waals surface area contributed by atoms with Crippen molar-refractivity contribution in [1.82, 2.24) is 25.0 Å². The molecule has 2 heterocycles. The number of amides is 2. The summed E-state index contributed by atoms with van der Waals surface area (Å²) in [4.78, 5) is 24.3. The van der Waals surface area contributed by atoms with E-state index in [4.69, 9.17) is 5.11 Å². The summed E-state index contributed by atoms with van der Waals surface area (Å²) in [5, 5.41) is 28.1. The normalized spacial score (nSPS) is 17.5. The second-order valence-corrected chi connectivity index (χ2v) is 4.37. The molecule has 2 amide bonds. The highest BCUT2D eigenvalue weighted by Crippen LogP contribution is 2.09. The molecule has 1 aromatic rings. The van der Waals surface area contributed by atoms with E-state index in [9.17, 15) is 14.7 Å². The van der Waals surface area contributed by atoms with Crippen LogP contribution in [0.4, 0.5) is 4.79 Å². The number of hydrogen-bond acceptors (Lipinski definition) is 5. The van der Waals surface area contributed by atoms with Gasteiger partial charge in [0.05, 0.1) is 12.6 Å². The molecule has 2 unspecified atom stereocenters. The van der Waals surface area contributed by atoms with Gasteiger partial charge in [0.25, 0.3) is 0 Å². The summed E-state index contributed by atoms with van der Waals surface area (Å²) in [5.41, 5.74) is 0. The molecule has 0 aromatic carbocycles. The first kappa shape index (κ1) is 13.3. The molecule has 104 valence electrons. The minimum absolute atomic E-state index is 0.262. The second kappa shape index (κ2) is 5.22. The van der Waals surface area contributed by atoms with Crippen LogP contribution in [0.15, 0.2) is 6.33 Å². The number of aliphatic hydroxyl groups is 1. The van der Waals surface area contributed by atoms with Crippen molar-refractivity contribution in [2.75, 3.05) is 6.54 Å². The van der Waals surface area contributed by atoms with Gasteiger partial charge in [0.1, 0.15) is 6.33 Å². The van der Waals surface area contributed by atoms with Crippen molar-refractivity contribution in [2.24, 2.45) is 0 Å². The average Bonchev–Trinajstić information content (AvgIpc) is 2.81. The molecule has 0 radical (unpaired) electrons. The van der Waals surface area contributed by atoms with Gasteiger partial charge in [-0.3, -0.25) is 0 Å². The molecule has 1 aliphatic rings. The Hall–Kier alpha value is -2.16. The van der Waals surface area contributed by atoms with Crippen molar-refractivity contribution >= 4 is 12.0 Å². The Kier molecular flexibility index (Phi) is 3.65. The van der Waals surface area contributed by atoms with Gasteiger partial charge >= 0.3 is 12.0 Å². The van der Waals surface area contributed by atoms with Gasteiger partial charge in [-0.1, -0.05) is 0 Å². The van der Waals surface area contributed by atoms with Crippen LogP contribution in [0.1, 0.15) is 12.7 Å². The molecule has 19 heavy (non-hydrogen) atoms. The van der Waals surface area contributed by atoms with E-state index in [1.54, 1.807) is 6.33 Å². The molecule has 0 spiro atoms. The highest BCUT2D eigenvalue weighted by Gasteiger charge is 2.29. The molecular weight excluding hydrogens is 254 g/mol. The fourth-order valence-corrected chi connectivity index (χ4v) is 1.85. The Morgan fingerprint density at radius 1 is 1.47 bits per heavy atom. The fourth-order valence-electron chi connectivity index (χ4n) is 1.85. The minimum atomic E-state index is -1.33. The summed E-state index contributed by atoms with van der Waals surface area (Å²) in [6.07, 6.45) is 0.412. The lowest BCUT2D eigenvalue weighted by molar-refractivity contribution is -0.141. The predicted octanol–water partition coefficient (Wildman–Crippen LogP) is -1.36. The van der Waals surface area contributed by atoms with Crippen LogP contribution in [0.5, 0.6) is 0 Å². The number of fused-ring (bicyclic) bond motifs is 1. The third-order valence-electron chi connectivity index (χ3n) is 2.95. The van der Waals surface area contributed by atoms with Crippen LogP contribution in [0.25, 0.3) is 0 Å². The number of carboxylic acids is 1. The third-order valence-corrected chi connectivity index (χ3v) is 2.95. The topological polar surface area (TPSA) is 121 Å². The number of carbonyl (C=O) groups is 2. The van der Waals surface area contributed by atoms with Gasteiger partial charge in [0.15, 0.2) is 11.9 Å². The van der Waals surface area contributed by atoms with Gasteiger partial charge in [-0.25, -0.2) is 9.59 Å². The lowest BCUT2D eigenvalue weighted by Crippen LogP contribution is -2.53. The first-order chi connectivity index (χ1) is 8.99. The van der Waals surface area contributed by atoms with Crippen molar-refractivity contribution in [1.29, 1.82) is 0 Å². The van der Waals surface area contributed by atoms with E-state index in [1.165, 1.54) is 11.8 Å². The number of carboxylic acid groups (broad SMARTS) is 1. The molecular formula is C10H15N5O4. The maximum absolute atomic E-state index is 11.9. The summed E-state index contributed by atoms with van der Waals surface area (Å²) in [6, 6.07) is -1.87. The lowest BCUT2D eigenvalue weighted by atomic mass is 10.2. The smallest absolute Gasteiger partial charge is 0.328 e. The van der Waals surface area contributed by atoms with Crippen LogP contribution in [-0.4, -0.2) is 60.6 Å². The number of aliphatic hydroxyl groups excluding tert-OH is 1. The summed E-state index contributed by atoms with van der Waals surface area (Å²) in [6.45, 7) is 2.56. The minimum Gasteiger partial charge on any atom is -0.480 e. The number of urea groups is 1. The Labute approximate surface area is 108 Å². The number of nitrogens with zero attached hydrogens (tertiary/aromatic N) is 4. The van der Waals surface area contributed by atoms with E-state index in [0.29, 0.717) is 18.9 Å². The number of aromatic nitrogens is 3. The molecule has 2 rings (SSSR count). The van der Waals surface area contributed by atoms with Crippen molar-refractivity contribution in [3.63, 3.8) is 0 Å². The molecule has 3 N–H and O–H groups in total. The molecule has 0 fully saturated rings. The van der Waals surface area contributed by atoms with Gasteiger partial charge < -0.3 is 25.0 Å². The van der Waals surface area contributed by atoms with E-state index in [-0.39, 0.29) is 6.54 Å². The number of nitrogens with one attached hydrogen (secondary N) is 1.